The number of hydrogen-bond acceptors (Lipinski definition) is 6. The summed E-state index contributed by atoms with van der Waals surface area (Å²) in [6.45, 7) is 2.88. The first kappa shape index (κ1) is 19.5. The monoisotopic (exact) mass is 397 g/mol. The minimum atomic E-state index is -0.647. The van der Waals surface area contributed by atoms with Crippen molar-refractivity contribution < 1.29 is 9.59 Å². The summed E-state index contributed by atoms with van der Waals surface area (Å²) in [6, 6.07) is 7.55. The molecule has 2 atom stereocenters. The highest BCUT2D eigenvalue weighted by molar-refractivity contribution is 6.39. The number of rotatable bonds is 4. The van der Waals surface area contributed by atoms with E-state index in [1.165, 1.54) is 24.1 Å². The minimum Gasteiger partial charge on any atom is -0.347 e. The van der Waals surface area contributed by atoms with E-state index in [2.05, 4.69) is 30.9 Å². The molecule has 1 aromatic carbocycles. The first-order valence-electron chi connectivity index (χ1n) is 10.3. The SMILES string of the molecule is Cn1nnc(-c2ccc(NC(=O)C(=O)NC[C@@H]3CCCN4CCCC[C@H]34)cc2)n1. The number of amides is 2. The molecule has 0 saturated carbocycles. The summed E-state index contributed by atoms with van der Waals surface area (Å²) in [5.74, 6) is -0.295. The number of nitrogens with zero attached hydrogens (tertiary/aromatic N) is 5. The molecule has 2 aliphatic heterocycles. The third-order valence-electron chi connectivity index (χ3n) is 5.87. The topological polar surface area (TPSA) is 105 Å². The Morgan fingerprint density at radius 1 is 1.07 bits per heavy atom. The molecular weight excluding hydrogens is 370 g/mol. The Bertz CT molecular complexity index is 862. The number of benzene rings is 1. The van der Waals surface area contributed by atoms with Crippen LogP contribution in [0.25, 0.3) is 11.4 Å². The largest absolute Gasteiger partial charge is 0.347 e. The van der Waals surface area contributed by atoms with Gasteiger partial charge in [0.25, 0.3) is 0 Å². The summed E-state index contributed by atoms with van der Waals surface area (Å²) < 4.78 is 0. The van der Waals surface area contributed by atoms with Gasteiger partial charge in [-0.1, -0.05) is 6.42 Å². The smallest absolute Gasteiger partial charge is 0.313 e. The molecule has 2 saturated heterocycles. The number of hydrogen-bond donors (Lipinski definition) is 2. The molecular formula is C20H27N7O2. The number of carbonyl (C=O) groups is 2. The van der Waals surface area contributed by atoms with E-state index in [4.69, 9.17) is 0 Å². The van der Waals surface area contributed by atoms with E-state index in [0.717, 1.165) is 31.5 Å². The van der Waals surface area contributed by atoms with Gasteiger partial charge in [0, 0.05) is 23.8 Å². The lowest BCUT2D eigenvalue weighted by Crippen LogP contribution is -2.51. The van der Waals surface area contributed by atoms with E-state index in [1.54, 1.807) is 31.3 Å². The lowest BCUT2D eigenvalue weighted by molar-refractivity contribution is -0.136. The van der Waals surface area contributed by atoms with Crippen molar-refractivity contribution in [1.82, 2.24) is 30.4 Å². The number of anilines is 1. The summed E-state index contributed by atoms with van der Waals surface area (Å²) in [6.07, 6.45) is 5.99. The molecule has 2 fully saturated rings. The Morgan fingerprint density at radius 2 is 1.86 bits per heavy atom. The molecule has 4 rings (SSSR count). The van der Waals surface area contributed by atoms with Gasteiger partial charge in [-0.25, -0.2) is 0 Å². The highest BCUT2D eigenvalue weighted by Gasteiger charge is 2.33. The van der Waals surface area contributed by atoms with Crippen molar-refractivity contribution in [3.63, 3.8) is 0 Å². The maximum atomic E-state index is 12.3. The van der Waals surface area contributed by atoms with Crippen molar-refractivity contribution in [2.45, 2.75) is 38.1 Å². The average molecular weight is 397 g/mol. The Hall–Kier alpha value is -2.81. The van der Waals surface area contributed by atoms with Crippen molar-refractivity contribution in [2.75, 3.05) is 25.0 Å². The van der Waals surface area contributed by atoms with Crippen molar-refractivity contribution in [3.8, 4) is 11.4 Å². The third kappa shape index (κ3) is 4.61. The molecule has 2 amide bonds. The Kier molecular flexibility index (Phi) is 5.84. The molecule has 154 valence electrons. The molecule has 9 heteroatoms. The molecule has 0 spiro atoms. The number of aromatic nitrogens is 4. The maximum Gasteiger partial charge on any atom is 0.313 e. The Morgan fingerprint density at radius 3 is 2.62 bits per heavy atom. The van der Waals surface area contributed by atoms with Gasteiger partial charge < -0.3 is 15.5 Å². The first-order valence-corrected chi connectivity index (χ1v) is 10.3. The Balaban J connectivity index is 1.28. The van der Waals surface area contributed by atoms with Gasteiger partial charge in [0.15, 0.2) is 0 Å². The van der Waals surface area contributed by atoms with E-state index in [0.29, 0.717) is 30.0 Å². The molecule has 29 heavy (non-hydrogen) atoms. The van der Waals surface area contributed by atoms with Gasteiger partial charge in [0.05, 0.1) is 7.05 Å². The summed E-state index contributed by atoms with van der Waals surface area (Å²) >= 11 is 0. The molecule has 0 radical (unpaired) electrons. The summed E-state index contributed by atoms with van der Waals surface area (Å²) in [7, 11) is 1.70. The predicted octanol–water partition coefficient (Wildman–Crippen LogP) is 1.20. The van der Waals surface area contributed by atoms with E-state index in [-0.39, 0.29) is 0 Å². The second kappa shape index (κ2) is 8.69. The third-order valence-corrected chi connectivity index (χ3v) is 5.87. The van der Waals surface area contributed by atoms with E-state index < -0.39 is 11.8 Å². The van der Waals surface area contributed by atoms with E-state index in [9.17, 15) is 9.59 Å². The zero-order valence-corrected chi connectivity index (χ0v) is 16.7. The summed E-state index contributed by atoms with van der Waals surface area (Å²) in [4.78, 5) is 28.5. The van der Waals surface area contributed by atoms with Crippen molar-refractivity contribution in [1.29, 1.82) is 0 Å². The van der Waals surface area contributed by atoms with Crippen LogP contribution in [0.3, 0.4) is 0 Å². The zero-order valence-electron chi connectivity index (χ0n) is 16.7. The van der Waals surface area contributed by atoms with Crippen LogP contribution < -0.4 is 10.6 Å². The normalized spacial score (nSPS) is 22.0. The number of fused-ring (bicyclic) bond motifs is 1. The Labute approximate surface area is 169 Å². The maximum absolute atomic E-state index is 12.3. The standard InChI is InChI=1S/C20H27N7O2/c1-26-24-18(23-25-26)14-7-9-16(10-8-14)22-20(29)19(28)21-13-15-5-4-12-27-11-3-2-6-17(15)27/h7-10,15,17H,2-6,11-13H2,1H3,(H,21,28)(H,22,29)/t15-,17+/m0/s1. The number of carbonyl (C=O) groups excluding carboxylic acids is 2. The molecule has 0 aliphatic carbocycles. The van der Waals surface area contributed by atoms with Crippen LogP contribution in [0.1, 0.15) is 32.1 Å². The zero-order chi connectivity index (χ0) is 20.2. The van der Waals surface area contributed by atoms with Gasteiger partial charge in [0.2, 0.25) is 5.82 Å². The quantitative estimate of drug-likeness (QED) is 0.751. The van der Waals surface area contributed by atoms with Crippen molar-refractivity contribution in [2.24, 2.45) is 13.0 Å². The van der Waals surface area contributed by atoms with Crippen LogP contribution >= 0.6 is 0 Å². The molecule has 2 N–H and O–H groups in total. The second-order valence-corrected chi connectivity index (χ2v) is 7.85. The van der Waals surface area contributed by atoms with Crippen LogP contribution in [0.4, 0.5) is 5.69 Å². The fourth-order valence-corrected chi connectivity index (χ4v) is 4.41. The number of tetrazole rings is 1. The van der Waals surface area contributed by atoms with Crippen LogP contribution in [0, 0.1) is 5.92 Å². The molecule has 1 aromatic heterocycles. The van der Waals surface area contributed by atoms with Gasteiger partial charge >= 0.3 is 11.8 Å². The highest BCUT2D eigenvalue weighted by atomic mass is 16.2. The van der Waals surface area contributed by atoms with Crippen molar-refractivity contribution >= 4 is 17.5 Å². The molecule has 0 bridgehead atoms. The molecule has 3 heterocycles. The lowest BCUT2D eigenvalue weighted by atomic mass is 9.83. The molecule has 0 unspecified atom stereocenters. The molecule has 9 nitrogen and oxygen atoms in total. The first-order chi connectivity index (χ1) is 14.1. The predicted molar refractivity (Wildman–Crippen MR) is 108 cm³/mol. The van der Waals surface area contributed by atoms with Gasteiger partial charge in [0.1, 0.15) is 0 Å². The molecule has 2 aromatic rings. The van der Waals surface area contributed by atoms with Crippen LogP contribution in [0.5, 0.6) is 0 Å². The molecule has 2 aliphatic rings. The van der Waals surface area contributed by atoms with Gasteiger partial charge in [-0.05, 0) is 74.2 Å². The van der Waals surface area contributed by atoms with Crippen molar-refractivity contribution in [3.05, 3.63) is 24.3 Å². The van der Waals surface area contributed by atoms with E-state index in [1.807, 2.05) is 0 Å². The fourth-order valence-electron chi connectivity index (χ4n) is 4.41. The van der Waals surface area contributed by atoms with Gasteiger partial charge in [-0.2, -0.15) is 4.80 Å². The van der Waals surface area contributed by atoms with Crippen LogP contribution in [-0.4, -0.2) is 62.6 Å². The lowest BCUT2D eigenvalue weighted by Gasteiger charge is -2.44. The van der Waals surface area contributed by atoms with E-state index >= 15 is 0 Å². The van der Waals surface area contributed by atoms with Gasteiger partial charge in [-0.15, -0.1) is 10.2 Å². The summed E-state index contributed by atoms with van der Waals surface area (Å²) in [5, 5.41) is 17.4. The van der Waals surface area contributed by atoms with Gasteiger partial charge in [-0.3, -0.25) is 9.59 Å². The van der Waals surface area contributed by atoms with Crippen LogP contribution in [0.15, 0.2) is 24.3 Å². The minimum absolute atomic E-state index is 0.430. The average Bonchev–Trinajstić information content (AvgIpc) is 3.18. The number of piperidine rings is 2. The summed E-state index contributed by atoms with van der Waals surface area (Å²) in [5.41, 5.74) is 1.34. The highest BCUT2D eigenvalue weighted by Crippen LogP contribution is 2.30. The van der Waals surface area contributed by atoms with Crippen LogP contribution in [-0.2, 0) is 16.6 Å². The van der Waals surface area contributed by atoms with Crippen LogP contribution in [0.2, 0.25) is 0 Å². The fraction of sp³-hybridized carbons (Fsp3) is 0.550. The number of nitrogens with one attached hydrogen (secondary N) is 2. The second-order valence-electron chi connectivity index (χ2n) is 7.85. The number of aryl methyl sites for hydroxylation is 1.